The Labute approximate surface area is 164 Å². The molecule has 0 bridgehead atoms. The summed E-state index contributed by atoms with van der Waals surface area (Å²) in [6.45, 7) is 2.51. The molecule has 2 N–H and O–H groups in total. The molecule has 7 heteroatoms. The summed E-state index contributed by atoms with van der Waals surface area (Å²) < 4.78 is 4.96. The first-order chi connectivity index (χ1) is 13.6. The number of hydrogen-bond acceptors (Lipinski definition) is 4. The summed E-state index contributed by atoms with van der Waals surface area (Å²) in [7, 11) is 0. The molecule has 0 saturated carbocycles. The van der Waals surface area contributed by atoms with Crippen LogP contribution >= 0.6 is 0 Å². The Balaban J connectivity index is 1.66. The number of hydrogen-bond donors (Lipinski definition) is 2. The Morgan fingerprint density at radius 3 is 2.11 bits per heavy atom. The van der Waals surface area contributed by atoms with Crippen molar-refractivity contribution in [3.63, 3.8) is 0 Å². The van der Waals surface area contributed by atoms with E-state index >= 15 is 0 Å². The van der Waals surface area contributed by atoms with Crippen LogP contribution in [-0.4, -0.2) is 42.5 Å². The number of carbonyl (C=O) groups is 3. The third-order valence-corrected chi connectivity index (χ3v) is 4.00. The van der Waals surface area contributed by atoms with E-state index in [0.717, 1.165) is 11.1 Å². The number of urea groups is 1. The van der Waals surface area contributed by atoms with Gasteiger partial charge in [-0.2, -0.15) is 0 Å². The summed E-state index contributed by atoms with van der Waals surface area (Å²) in [4.78, 5) is 37.3. The molecular formula is C21H25N3O4. The first-order valence-corrected chi connectivity index (χ1v) is 9.11. The van der Waals surface area contributed by atoms with Crippen LogP contribution in [0.15, 0.2) is 60.7 Å². The fourth-order valence-corrected chi connectivity index (χ4v) is 2.46. The van der Waals surface area contributed by atoms with E-state index in [9.17, 15) is 14.4 Å². The van der Waals surface area contributed by atoms with Gasteiger partial charge < -0.3 is 20.3 Å². The lowest BCUT2D eigenvalue weighted by Gasteiger charge is -2.20. The van der Waals surface area contributed by atoms with Crippen molar-refractivity contribution in [3.8, 4) is 0 Å². The van der Waals surface area contributed by atoms with Crippen LogP contribution in [0.1, 0.15) is 18.1 Å². The Hall–Kier alpha value is -3.35. The van der Waals surface area contributed by atoms with Crippen LogP contribution in [0.5, 0.6) is 0 Å². The molecule has 148 valence electrons. The Kier molecular flexibility index (Phi) is 8.52. The first-order valence-electron chi connectivity index (χ1n) is 9.11. The van der Waals surface area contributed by atoms with Crippen LogP contribution in [0.2, 0.25) is 0 Å². The minimum absolute atomic E-state index is 0.284. The van der Waals surface area contributed by atoms with Gasteiger partial charge in [0.2, 0.25) is 0 Å². The lowest BCUT2D eigenvalue weighted by Crippen LogP contribution is -2.40. The van der Waals surface area contributed by atoms with E-state index in [-0.39, 0.29) is 19.1 Å². The van der Waals surface area contributed by atoms with E-state index in [1.165, 1.54) is 0 Å². The van der Waals surface area contributed by atoms with Gasteiger partial charge in [-0.25, -0.2) is 4.79 Å². The Morgan fingerprint density at radius 1 is 0.893 bits per heavy atom. The van der Waals surface area contributed by atoms with Crippen LogP contribution in [0.3, 0.4) is 0 Å². The second-order valence-corrected chi connectivity index (χ2v) is 6.08. The standard InChI is InChI=1S/C21H25N3O4/c1-2-24(15-18-11-7-4-8-12-18)19(25)16-28-20(26)14-23-21(27)22-13-17-9-5-3-6-10-17/h3-12H,2,13-16H2,1H3,(H2,22,23,27). The first kappa shape index (κ1) is 21.0. The predicted octanol–water partition coefficient (Wildman–Crippen LogP) is 2.08. The van der Waals surface area contributed by atoms with Gasteiger partial charge in [-0.3, -0.25) is 9.59 Å². The van der Waals surface area contributed by atoms with Crippen molar-refractivity contribution in [1.29, 1.82) is 0 Å². The fourth-order valence-electron chi connectivity index (χ4n) is 2.46. The molecule has 2 aromatic carbocycles. The van der Waals surface area contributed by atoms with Crippen molar-refractivity contribution in [2.75, 3.05) is 19.7 Å². The zero-order chi connectivity index (χ0) is 20.2. The number of nitrogens with one attached hydrogen (secondary N) is 2. The molecule has 2 aromatic rings. The van der Waals surface area contributed by atoms with Crippen molar-refractivity contribution in [1.82, 2.24) is 15.5 Å². The smallest absolute Gasteiger partial charge is 0.325 e. The minimum atomic E-state index is -0.668. The van der Waals surface area contributed by atoms with Gasteiger partial charge in [0, 0.05) is 19.6 Å². The molecule has 0 radical (unpaired) electrons. The highest BCUT2D eigenvalue weighted by Crippen LogP contribution is 2.04. The second-order valence-electron chi connectivity index (χ2n) is 6.08. The number of nitrogens with zero attached hydrogens (tertiary/aromatic N) is 1. The molecule has 0 heterocycles. The van der Waals surface area contributed by atoms with Crippen LogP contribution in [0.4, 0.5) is 4.79 Å². The molecule has 28 heavy (non-hydrogen) atoms. The molecule has 2 rings (SSSR count). The molecule has 0 aliphatic carbocycles. The monoisotopic (exact) mass is 383 g/mol. The third kappa shape index (κ3) is 7.49. The van der Waals surface area contributed by atoms with E-state index in [2.05, 4.69) is 10.6 Å². The number of ether oxygens (including phenoxy) is 1. The topological polar surface area (TPSA) is 87.7 Å². The molecule has 0 aromatic heterocycles. The van der Waals surface area contributed by atoms with Crippen molar-refractivity contribution >= 4 is 17.9 Å². The summed E-state index contributed by atoms with van der Waals surface area (Å²) in [5, 5.41) is 5.05. The summed E-state index contributed by atoms with van der Waals surface area (Å²) in [6.07, 6.45) is 0. The highest BCUT2D eigenvalue weighted by atomic mass is 16.5. The summed E-state index contributed by atoms with van der Waals surface area (Å²) in [5.74, 6) is -0.952. The molecule has 0 atom stereocenters. The average molecular weight is 383 g/mol. The van der Waals surface area contributed by atoms with Gasteiger partial charge in [-0.15, -0.1) is 0 Å². The predicted molar refractivity (Wildman–Crippen MR) is 105 cm³/mol. The Morgan fingerprint density at radius 2 is 1.50 bits per heavy atom. The van der Waals surface area contributed by atoms with Crippen molar-refractivity contribution in [3.05, 3.63) is 71.8 Å². The maximum absolute atomic E-state index is 12.2. The van der Waals surface area contributed by atoms with Gasteiger partial charge in [-0.1, -0.05) is 60.7 Å². The Bertz CT molecular complexity index is 766. The van der Waals surface area contributed by atoms with E-state index in [1.807, 2.05) is 67.6 Å². The van der Waals surface area contributed by atoms with Crippen LogP contribution in [-0.2, 0) is 27.4 Å². The van der Waals surface area contributed by atoms with Crippen molar-refractivity contribution < 1.29 is 19.1 Å². The molecule has 3 amide bonds. The van der Waals surface area contributed by atoms with Crippen molar-refractivity contribution in [2.24, 2.45) is 0 Å². The molecular weight excluding hydrogens is 358 g/mol. The molecule has 0 aliphatic rings. The maximum atomic E-state index is 12.2. The van der Waals surface area contributed by atoms with E-state index < -0.39 is 12.0 Å². The summed E-state index contributed by atoms with van der Waals surface area (Å²) >= 11 is 0. The number of rotatable bonds is 9. The normalized spacial score (nSPS) is 10.0. The van der Waals surface area contributed by atoms with Gasteiger partial charge in [-0.05, 0) is 18.1 Å². The fraction of sp³-hybridized carbons (Fsp3) is 0.286. The van der Waals surface area contributed by atoms with E-state index in [1.54, 1.807) is 4.90 Å². The number of carbonyl (C=O) groups excluding carboxylic acids is 3. The van der Waals surface area contributed by atoms with Gasteiger partial charge >= 0.3 is 12.0 Å². The minimum Gasteiger partial charge on any atom is -0.454 e. The zero-order valence-electron chi connectivity index (χ0n) is 15.9. The second kappa shape index (κ2) is 11.4. The molecule has 0 fully saturated rings. The highest BCUT2D eigenvalue weighted by Gasteiger charge is 2.15. The zero-order valence-corrected chi connectivity index (χ0v) is 15.9. The quantitative estimate of drug-likeness (QED) is 0.649. The van der Waals surface area contributed by atoms with E-state index in [4.69, 9.17) is 4.74 Å². The van der Waals surface area contributed by atoms with Gasteiger partial charge in [0.15, 0.2) is 6.61 Å². The maximum Gasteiger partial charge on any atom is 0.325 e. The van der Waals surface area contributed by atoms with E-state index in [0.29, 0.717) is 19.6 Å². The van der Waals surface area contributed by atoms with Crippen LogP contribution in [0, 0.1) is 0 Å². The van der Waals surface area contributed by atoms with Gasteiger partial charge in [0.25, 0.3) is 5.91 Å². The van der Waals surface area contributed by atoms with Crippen LogP contribution in [0.25, 0.3) is 0 Å². The largest absolute Gasteiger partial charge is 0.454 e. The number of likely N-dealkylation sites (N-methyl/N-ethyl adjacent to an activating group) is 1. The highest BCUT2D eigenvalue weighted by molar-refractivity contribution is 5.83. The lowest BCUT2D eigenvalue weighted by molar-refractivity contribution is -0.151. The molecule has 0 unspecified atom stereocenters. The summed E-state index contributed by atoms with van der Waals surface area (Å²) in [6, 6.07) is 18.5. The van der Waals surface area contributed by atoms with Gasteiger partial charge in [0.1, 0.15) is 6.54 Å². The third-order valence-electron chi connectivity index (χ3n) is 4.00. The molecule has 0 aliphatic heterocycles. The molecule has 0 saturated heterocycles. The SMILES string of the molecule is CCN(Cc1ccccc1)C(=O)COC(=O)CNC(=O)NCc1ccccc1. The summed E-state index contributed by atoms with van der Waals surface area (Å²) in [5.41, 5.74) is 1.95. The van der Waals surface area contributed by atoms with Crippen molar-refractivity contribution in [2.45, 2.75) is 20.0 Å². The average Bonchev–Trinajstić information content (AvgIpc) is 2.74. The van der Waals surface area contributed by atoms with Gasteiger partial charge in [0.05, 0.1) is 0 Å². The molecule has 7 nitrogen and oxygen atoms in total. The van der Waals surface area contributed by atoms with Crippen LogP contribution < -0.4 is 10.6 Å². The molecule has 0 spiro atoms. The number of esters is 1. The lowest BCUT2D eigenvalue weighted by atomic mass is 10.2. The number of amides is 3. The number of benzene rings is 2.